The molecule has 2 amide bonds. The van der Waals surface area contributed by atoms with Gasteiger partial charge >= 0.3 is 11.8 Å². The molecule has 130 valence electrons. The van der Waals surface area contributed by atoms with Gasteiger partial charge in [-0.05, 0) is 37.3 Å². The topological polar surface area (TPSA) is 60.9 Å². The van der Waals surface area contributed by atoms with Crippen molar-refractivity contribution in [2.24, 2.45) is 5.92 Å². The molecule has 0 saturated heterocycles. The molecule has 0 radical (unpaired) electrons. The van der Waals surface area contributed by atoms with E-state index in [-0.39, 0.29) is 12.0 Å². The largest absolute Gasteiger partial charge is 0.393 e. The molecule has 24 heavy (non-hydrogen) atoms. The monoisotopic (exact) mass is 330 g/mol. The molecule has 2 atom stereocenters. The van der Waals surface area contributed by atoms with Crippen molar-refractivity contribution < 1.29 is 14.7 Å². The van der Waals surface area contributed by atoms with E-state index in [1.54, 1.807) is 11.9 Å². The van der Waals surface area contributed by atoms with E-state index < -0.39 is 11.8 Å². The number of anilines is 1. The van der Waals surface area contributed by atoms with Crippen LogP contribution in [-0.2, 0) is 16.0 Å². The Hall–Kier alpha value is -1.88. The van der Waals surface area contributed by atoms with E-state index in [0.29, 0.717) is 13.1 Å². The number of nitrogens with zero attached hydrogens (tertiary/aromatic N) is 2. The molecule has 1 aliphatic heterocycles. The fourth-order valence-electron chi connectivity index (χ4n) is 3.97. The minimum atomic E-state index is -0.483. The van der Waals surface area contributed by atoms with Crippen LogP contribution in [0.2, 0.25) is 0 Å². The lowest BCUT2D eigenvalue weighted by Gasteiger charge is -2.31. The number of aryl methyl sites for hydroxylation is 1. The molecule has 1 fully saturated rings. The van der Waals surface area contributed by atoms with E-state index in [2.05, 4.69) is 0 Å². The maximum atomic E-state index is 12.7. The summed E-state index contributed by atoms with van der Waals surface area (Å²) in [5.74, 6) is -0.868. The van der Waals surface area contributed by atoms with Crippen LogP contribution in [-0.4, -0.2) is 48.1 Å². The van der Waals surface area contributed by atoms with Crippen molar-refractivity contribution in [1.82, 2.24) is 4.90 Å². The van der Waals surface area contributed by atoms with Gasteiger partial charge in [-0.3, -0.25) is 9.59 Å². The van der Waals surface area contributed by atoms with Crippen LogP contribution in [0, 0.1) is 12.8 Å². The van der Waals surface area contributed by atoms with Gasteiger partial charge in [0, 0.05) is 26.1 Å². The van der Waals surface area contributed by atoms with Crippen LogP contribution in [0.25, 0.3) is 0 Å². The summed E-state index contributed by atoms with van der Waals surface area (Å²) in [6.07, 6.45) is 4.26. The summed E-state index contributed by atoms with van der Waals surface area (Å²) in [6.45, 7) is 2.97. The molecule has 1 N–H and O–H groups in total. The SMILES string of the molecule is Cc1cccc2c1N(C(=O)C(=O)N(C)CC1CCCCC1O)CC2. The maximum absolute atomic E-state index is 12.7. The van der Waals surface area contributed by atoms with Gasteiger partial charge in [0.2, 0.25) is 0 Å². The highest BCUT2D eigenvalue weighted by molar-refractivity contribution is 6.40. The van der Waals surface area contributed by atoms with Gasteiger partial charge in [-0.25, -0.2) is 0 Å². The number of aliphatic hydroxyl groups excluding tert-OH is 1. The molecule has 0 spiro atoms. The molecular weight excluding hydrogens is 304 g/mol. The molecule has 5 nitrogen and oxygen atoms in total. The summed E-state index contributed by atoms with van der Waals surface area (Å²) in [6, 6.07) is 5.97. The second-order valence-corrected chi connectivity index (χ2v) is 7.09. The molecule has 1 aliphatic carbocycles. The van der Waals surface area contributed by atoms with Crippen LogP contribution in [0.15, 0.2) is 18.2 Å². The number of benzene rings is 1. The predicted molar refractivity (Wildman–Crippen MR) is 92.8 cm³/mol. The molecule has 2 aliphatic rings. The predicted octanol–water partition coefficient (Wildman–Crippen LogP) is 1.89. The van der Waals surface area contributed by atoms with Gasteiger partial charge in [0.05, 0.1) is 11.8 Å². The maximum Gasteiger partial charge on any atom is 0.316 e. The number of aliphatic hydroxyl groups is 1. The zero-order valence-electron chi connectivity index (χ0n) is 14.5. The molecular formula is C19H26N2O3. The van der Waals surface area contributed by atoms with Crippen molar-refractivity contribution in [3.63, 3.8) is 0 Å². The van der Waals surface area contributed by atoms with Gasteiger partial charge < -0.3 is 14.9 Å². The van der Waals surface area contributed by atoms with E-state index in [1.807, 2.05) is 25.1 Å². The Bertz CT molecular complexity index is 643. The molecule has 1 aromatic rings. The van der Waals surface area contributed by atoms with Crippen molar-refractivity contribution in [3.8, 4) is 0 Å². The van der Waals surface area contributed by atoms with E-state index in [9.17, 15) is 14.7 Å². The second kappa shape index (κ2) is 6.93. The first-order valence-corrected chi connectivity index (χ1v) is 8.82. The van der Waals surface area contributed by atoms with E-state index >= 15 is 0 Å². The van der Waals surface area contributed by atoms with Gasteiger partial charge in [-0.1, -0.05) is 31.0 Å². The Morgan fingerprint density at radius 2 is 2.04 bits per heavy atom. The number of carbonyl (C=O) groups is 2. The highest BCUT2D eigenvalue weighted by Crippen LogP contribution is 2.31. The molecule has 0 bridgehead atoms. The first kappa shape index (κ1) is 17.0. The first-order valence-electron chi connectivity index (χ1n) is 8.82. The third-order valence-corrected chi connectivity index (χ3v) is 5.35. The van der Waals surface area contributed by atoms with Gasteiger partial charge in [-0.15, -0.1) is 0 Å². The first-order chi connectivity index (χ1) is 11.5. The van der Waals surface area contributed by atoms with Crippen LogP contribution < -0.4 is 4.90 Å². The zero-order chi connectivity index (χ0) is 17.3. The summed E-state index contributed by atoms with van der Waals surface area (Å²) >= 11 is 0. The lowest BCUT2D eigenvalue weighted by molar-refractivity contribution is -0.144. The molecule has 2 unspecified atom stereocenters. The Balaban J connectivity index is 1.68. The minimum absolute atomic E-state index is 0.0769. The third kappa shape index (κ3) is 3.18. The Morgan fingerprint density at radius 3 is 2.79 bits per heavy atom. The highest BCUT2D eigenvalue weighted by atomic mass is 16.3. The van der Waals surface area contributed by atoms with Crippen LogP contribution in [0.5, 0.6) is 0 Å². The molecule has 3 rings (SSSR count). The summed E-state index contributed by atoms with van der Waals surface area (Å²) in [4.78, 5) is 28.4. The van der Waals surface area contributed by atoms with Gasteiger partial charge in [0.1, 0.15) is 0 Å². The molecule has 1 aromatic carbocycles. The quantitative estimate of drug-likeness (QED) is 0.843. The fourth-order valence-corrected chi connectivity index (χ4v) is 3.97. The number of likely N-dealkylation sites (N-methyl/N-ethyl adjacent to an activating group) is 1. The standard InChI is InChI=1S/C19H26N2O3/c1-13-6-5-8-14-10-11-21(17(13)14)19(24)18(23)20(2)12-15-7-3-4-9-16(15)22/h5-6,8,15-16,22H,3-4,7,9-12H2,1-2H3. The summed E-state index contributed by atoms with van der Waals surface area (Å²) < 4.78 is 0. The molecule has 5 heteroatoms. The molecule has 1 heterocycles. The number of hydrogen-bond acceptors (Lipinski definition) is 3. The fraction of sp³-hybridized carbons (Fsp3) is 0.579. The minimum Gasteiger partial charge on any atom is -0.393 e. The molecule has 1 saturated carbocycles. The number of rotatable bonds is 2. The van der Waals surface area contributed by atoms with E-state index in [0.717, 1.165) is 48.9 Å². The summed E-state index contributed by atoms with van der Waals surface area (Å²) in [7, 11) is 1.66. The Kier molecular flexibility index (Phi) is 4.90. The average molecular weight is 330 g/mol. The van der Waals surface area contributed by atoms with Crippen LogP contribution in [0.3, 0.4) is 0 Å². The number of para-hydroxylation sites is 1. The third-order valence-electron chi connectivity index (χ3n) is 5.35. The van der Waals surface area contributed by atoms with Crippen molar-refractivity contribution in [2.75, 3.05) is 25.0 Å². The van der Waals surface area contributed by atoms with Gasteiger partial charge in [0.15, 0.2) is 0 Å². The van der Waals surface area contributed by atoms with E-state index in [1.165, 1.54) is 4.90 Å². The van der Waals surface area contributed by atoms with Gasteiger partial charge in [-0.2, -0.15) is 0 Å². The summed E-state index contributed by atoms with van der Waals surface area (Å²) in [5.41, 5.74) is 3.04. The number of hydrogen-bond donors (Lipinski definition) is 1. The normalized spacial score (nSPS) is 23.0. The van der Waals surface area contributed by atoms with Crippen molar-refractivity contribution in [3.05, 3.63) is 29.3 Å². The van der Waals surface area contributed by atoms with Crippen molar-refractivity contribution in [1.29, 1.82) is 0 Å². The number of carbonyl (C=O) groups excluding carboxylic acids is 2. The lowest BCUT2D eigenvalue weighted by Crippen LogP contribution is -2.46. The highest BCUT2D eigenvalue weighted by Gasteiger charge is 2.33. The van der Waals surface area contributed by atoms with Crippen LogP contribution in [0.1, 0.15) is 36.8 Å². The van der Waals surface area contributed by atoms with Crippen molar-refractivity contribution >= 4 is 17.5 Å². The van der Waals surface area contributed by atoms with Crippen molar-refractivity contribution in [2.45, 2.75) is 45.1 Å². The number of fused-ring (bicyclic) bond motifs is 1. The van der Waals surface area contributed by atoms with Crippen LogP contribution in [0.4, 0.5) is 5.69 Å². The van der Waals surface area contributed by atoms with E-state index in [4.69, 9.17) is 0 Å². The average Bonchev–Trinajstić information content (AvgIpc) is 3.01. The van der Waals surface area contributed by atoms with Crippen LogP contribution >= 0.6 is 0 Å². The Labute approximate surface area is 143 Å². The van der Waals surface area contributed by atoms with Gasteiger partial charge in [0.25, 0.3) is 0 Å². The molecule has 0 aromatic heterocycles. The number of amides is 2. The second-order valence-electron chi connectivity index (χ2n) is 7.09. The summed E-state index contributed by atoms with van der Waals surface area (Å²) in [5, 5.41) is 10.1. The zero-order valence-corrected chi connectivity index (χ0v) is 14.5. The lowest BCUT2D eigenvalue weighted by atomic mass is 9.86. The Morgan fingerprint density at radius 1 is 1.29 bits per heavy atom. The smallest absolute Gasteiger partial charge is 0.316 e.